The van der Waals surface area contributed by atoms with Gasteiger partial charge in [0.25, 0.3) is 0 Å². The molecule has 1 nitrogen and oxygen atoms in total. The first-order valence-electron chi connectivity index (χ1n) is 5.51. The SMILES string of the molecule is OC[C@@H]1C[C@@H]2C[C@H]1[C@H]1CCC[C@@H]21. The molecule has 12 heavy (non-hydrogen) atoms. The quantitative estimate of drug-likeness (QED) is 0.632. The van der Waals surface area contributed by atoms with Crippen molar-refractivity contribution in [3.05, 3.63) is 0 Å². The van der Waals surface area contributed by atoms with E-state index in [0.29, 0.717) is 12.5 Å². The van der Waals surface area contributed by atoms with Crippen molar-refractivity contribution in [3.8, 4) is 0 Å². The van der Waals surface area contributed by atoms with E-state index >= 15 is 0 Å². The molecule has 0 aromatic rings. The van der Waals surface area contributed by atoms with E-state index in [0.717, 1.165) is 23.7 Å². The molecule has 3 fully saturated rings. The van der Waals surface area contributed by atoms with E-state index in [4.69, 9.17) is 0 Å². The molecule has 5 atom stereocenters. The first-order chi connectivity index (χ1) is 5.90. The largest absolute Gasteiger partial charge is 0.396 e. The highest BCUT2D eigenvalue weighted by Crippen LogP contribution is 2.60. The highest BCUT2D eigenvalue weighted by Gasteiger charge is 2.53. The van der Waals surface area contributed by atoms with Gasteiger partial charge in [0.05, 0.1) is 0 Å². The first-order valence-corrected chi connectivity index (χ1v) is 5.51. The Morgan fingerprint density at radius 1 is 1.00 bits per heavy atom. The lowest BCUT2D eigenvalue weighted by molar-refractivity contribution is 0.121. The molecule has 0 aromatic heterocycles. The fraction of sp³-hybridized carbons (Fsp3) is 1.00. The molecule has 3 aliphatic rings. The number of aliphatic hydroxyl groups is 1. The van der Waals surface area contributed by atoms with E-state index in [9.17, 15) is 5.11 Å². The van der Waals surface area contributed by atoms with E-state index in [1.54, 1.807) is 0 Å². The topological polar surface area (TPSA) is 20.2 Å². The van der Waals surface area contributed by atoms with Crippen LogP contribution in [0.1, 0.15) is 32.1 Å². The van der Waals surface area contributed by atoms with Gasteiger partial charge < -0.3 is 5.11 Å². The molecule has 2 bridgehead atoms. The molecule has 0 radical (unpaired) electrons. The predicted molar refractivity (Wildman–Crippen MR) is 47.6 cm³/mol. The summed E-state index contributed by atoms with van der Waals surface area (Å²) >= 11 is 0. The minimum atomic E-state index is 0.463. The van der Waals surface area contributed by atoms with E-state index in [1.165, 1.54) is 32.1 Å². The van der Waals surface area contributed by atoms with Crippen molar-refractivity contribution >= 4 is 0 Å². The van der Waals surface area contributed by atoms with Gasteiger partial charge in [-0.25, -0.2) is 0 Å². The fourth-order valence-corrected chi connectivity index (χ4v) is 4.42. The van der Waals surface area contributed by atoms with Crippen molar-refractivity contribution < 1.29 is 5.11 Å². The first kappa shape index (κ1) is 7.37. The van der Waals surface area contributed by atoms with Gasteiger partial charge in [-0.1, -0.05) is 6.42 Å². The van der Waals surface area contributed by atoms with Crippen LogP contribution in [0.4, 0.5) is 0 Å². The summed E-state index contributed by atoms with van der Waals surface area (Å²) in [5.41, 5.74) is 0. The van der Waals surface area contributed by atoms with Crippen LogP contribution in [0.3, 0.4) is 0 Å². The van der Waals surface area contributed by atoms with Crippen LogP contribution >= 0.6 is 0 Å². The van der Waals surface area contributed by atoms with Gasteiger partial charge in [-0.05, 0) is 55.3 Å². The molecular weight excluding hydrogens is 148 g/mol. The van der Waals surface area contributed by atoms with Gasteiger partial charge in [0.2, 0.25) is 0 Å². The second-order valence-electron chi connectivity index (χ2n) is 5.10. The Balaban J connectivity index is 1.83. The second kappa shape index (κ2) is 2.47. The Morgan fingerprint density at radius 2 is 1.83 bits per heavy atom. The summed E-state index contributed by atoms with van der Waals surface area (Å²) in [6.07, 6.45) is 7.26. The molecule has 0 amide bonds. The number of aliphatic hydroxyl groups excluding tert-OH is 1. The third-order valence-electron chi connectivity index (χ3n) is 4.80. The van der Waals surface area contributed by atoms with Gasteiger partial charge in [0.1, 0.15) is 0 Å². The molecule has 1 heteroatoms. The summed E-state index contributed by atoms with van der Waals surface area (Å²) < 4.78 is 0. The van der Waals surface area contributed by atoms with Crippen LogP contribution in [0, 0.1) is 29.6 Å². The van der Waals surface area contributed by atoms with Crippen LogP contribution in [0.2, 0.25) is 0 Å². The van der Waals surface area contributed by atoms with E-state index in [1.807, 2.05) is 0 Å². The standard InChI is InChI=1S/C11H18O/c12-6-8-4-7-5-11(8)10-3-1-2-9(7)10/h7-12H,1-6H2/t7-,8+,9+,10+,11-/m1/s1. The van der Waals surface area contributed by atoms with Gasteiger partial charge in [-0.3, -0.25) is 0 Å². The Bertz CT molecular complexity index is 187. The van der Waals surface area contributed by atoms with Crippen molar-refractivity contribution in [1.29, 1.82) is 0 Å². The van der Waals surface area contributed by atoms with Crippen LogP contribution < -0.4 is 0 Å². The molecular formula is C11H18O. The van der Waals surface area contributed by atoms with Gasteiger partial charge in [0.15, 0.2) is 0 Å². The normalized spacial score (nSPS) is 56.2. The minimum Gasteiger partial charge on any atom is -0.396 e. The highest BCUT2D eigenvalue weighted by atomic mass is 16.3. The molecule has 0 heterocycles. The molecule has 3 rings (SSSR count). The second-order valence-corrected chi connectivity index (χ2v) is 5.10. The van der Waals surface area contributed by atoms with Gasteiger partial charge >= 0.3 is 0 Å². The Morgan fingerprint density at radius 3 is 2.67 bits per heavy atom. The highest BCUT2D eigenvalue weighted by molar-refractivity contribution is 5.02. The van der Waals surface area contributed by atoms with Crippen molar-refractivity contribution in [1.82, 2.24) is 0 Å². The van der Waals surface area contributed by atoms with Crippen molar-refractivity contribution in [2.75, 3.05) is 6.61 Å². The number of hydrogen-bond donors (Lipinski definition) is 1. The van der Waals surface area contributed by atoms with Gasteiger partial charge in [-0.2, -0.15) is 0 Å². The minimum absolute atomic E-state index is 0.463. The molecule has 1 N–H and O–H groups in total. The molecule has 3 saturated carbocycles. The zero-order valence-electron chi connectivity index (χ0n) is 7.58. The summed E-state index contributed by atoms with van der Waals surface area (Å²) in [7, 11) is 0. The molecule has 3 aliphatic carbocycles. The van der Waals surface area contributed by atoms with Crippen molar-refractivity contribution in [2.45, 2.75) is 32.1 Å². The maximum absolute atomic E-state index is 9.21. The molecule has 68 valence electrons. The van der Waals surface area contributed by atoms with Crippen LogP contribution in [-0.2, 0) is 0 Å². The zero-order chi connectivity index (χ0) is 8.13. The lowest BCUT2D eigenvalue weighted by Crippen LogP contribution is -2.26. The van der Waals surface area contributed by atoms with Gasteiger partial charge in [0, 0.05) is 6.61 Å². The Labute approximate surface area is 74.2 Å². The third kappa shape index (κ3) is 0.783. The van der Waals surface area contributed by atoms with E-state index < -0.39 is 0 Å². The van der Waals surface area contributed by atoms with E-state index in [2.05, 4.69) is 0 Å². The zero-order valence-corrected chi connectivity index (χ0v) is 7.58. The number of fused-ring (bicyclic) bond motifs is 5. The average molecular weight is 166 g/mol. The van der Waals surface area contributed by atoms with Crippen LogP contribution in [0.15, 0.2) is 0 Å². The van der Waals surface area contributed by atoms with Crippen LogP contribution in [0.5, 0.6) is 0 Å². The summed E-state index contributed by atoms with van der Waals surface area (Å²) in [5, 5.41) is 9.21. The summed E-state index contributed by atoms with van der Waals surface area (Å²) in [6, 6.07) is 0. The monoisotopic (exact) mass is 166 g/mol. The fourth-order valence-electron chi connectivity index (χ4n) is 4.42. The Hall–Kier alpha value is -0.0400. The maximum atomic E-state index is 9.21. The molecule has 0 aliphatic heterocycles. The van der Waals surface area contributed by atoms with Crippen LogP contribution in [-0.4, -0.2) is 11.7 Å². The lowest BCUT2D eigenvalue weighted by atomic mass is 9.76. The van der Waals surface area contributed by atoms with Crippen LogP contribution in [0.25, 0.3) is 0 Å². The number of hydrogen-bond acceptors (Lipinski definition) is 1. The van der Waals surface area contributed by atoms with Gasteiger partial charge in [-0.15, -0.1) is 0 Å². The van der Waals surface area contributed by atoms with E-state index in [-0.39, 0.29) is 0 Å². The van der Waals surface area contributed by atoms with Crippen molar-refractivity contribution in [2.24, 2.45) is 29.6 Å². The van der Waals surface area contributed by atoms with Crippen molar-refractivity contribution in [3.63, 3.8) is 0 Å². The molecule has 0 unspecified atom stereocenters. The smallest absolute Gasteiger partial charge is 0.0462 e. The maximum Gasteiger partial charge on any atom is 0.0462 e. The Kier molecular flexibility index (Phi) is 1.52. The molecule has 0 spiro atoms. The number of rotatable bonds is 1. The lowest BCUT2D eigenvalue weighted by Gasteiger charge is -2.30. The molecule has 0 saturated heterocycles. The summed E-state index contributed by atoms with van der Waals surface area (Å²) in [5.74, 6) is 4.74. The molecule has 0 aromatic carbocycles. The average Bonchev–Trinajstić information content (AvgIpc) is 2.75. The summed E-state index contributed by atoms with van der Waals surface area (Å²) in [6.45, 7) is 0.463. The predicted octanol–water partition coefficient (Wildman–Crippen LogP) is 2.05. The third-order valence-corrected chi connectivity index (χ3v) is 4.80. The summed E-state index contributed by atoms with van der Waals surface area (Å²) in [4.78, 5) is 0.